The van der Waals surface area contributed by atoms with E-state index in [9.17, 15) is 0 Å². The molecule has 0 saturated heterocycles. The number of rotatable bonds is 5. The summed E-state index contributed by atoms with van der Waals surface area (Å²) >= 11 is 5.28. The van der Waals surface area contributed by atoms with Crippen LogP contribution in [0.25, 0.3) is 0 Å². The highest BCUT2D eigenvalue weighted by Crippen LogP contribution is 2.30. The number of nitrogens with zero attached hydrogens (tertiary/aromatic N) is 2. The van der Waals surface area contributed by atoms with Crippen LogP contribution in [0.15, 0.2) is 27.6 Å². The van der Waals surface area contributed by atoms with Gasteiger partial charge in [0.15, 0.2) is 0 Å². The van der Waals surface area contributed by atoms with E-state index in [2.05, 4.69) is 48.9 Å². The van der Waals surface area contributed by atoms with E-state index in [0.717, 1.165) is 28.8 Å². The highest BCUT2D eigenvalue weighted by Gasteiger charge is 2.18. The van der Waals surface area contributed by atoms with Crippen molar-refractivity contribution in [3.63, 3.8) is 0 Å². The summed E-state index contributed by atoms with van der Waals surface area (Å²) in [5.74, 6) is 0. The molecule has 3 nitrogen and oxygen atoms in total. The molecule has 2 rings (SSSR count). The molecule has 0 spiro atoms. The van der Waals surface area contributed by atoms with Crippen molar-refractivity contribution in [1.82, 2.24) is 15.3 Å². The third-order valence-electron chi connectivity index (χ3n) is 2.65. The van der Waals surface area contributed by atoms with E-state index in [1.165, 1.54) is 5.56 Å². The standard InChI is InChI=1S/C13H16BrN3S/c1-3-4-15-13(10-7-18-8-11(10)14)12-6-16-9(2)5-17-12/h5-8,13,15H,3-4H2,1-2H3. The Balaban J connectivity index is 2.30. The largest absolute Gasteiger partial charge is 0.305 e. The van der Waals surface area contributed by atoms with Crippen LogP contribution in [0, 0.1) is 6.92 Å². The maximum absolute atomic E-state index is 4.49. The summed E-state index contributed by atoms with van der Waals surface area (Å²) in [6, 6.07) is 0.110. The Morgan fingerprint density at radius 3 is 2.72 bits per heavy atom. The SMILES string of the molecule is CCCNC(c1cnc(C)cn1)c1cscc1Br. The van der Waals surface area contributed by atoms with Gasteiger partial charge in [-0.25, -0.2) is 0 Å². The Bertz CT molecular complexity index is 495. The van der Waals surface area contributed by atoms with Gasteiger partial charge in [-0.3, -0.25) is 9.97 Å². The van der Waals surface area contributed by atoms with E-state index >= 15 is 0 Å². The topological polar surface area (TPSA) is 37.8 Å². The monoisotopic (exact) mass is 325 g/mol. The van der Waals surface area contributed by atoms with E-state index in [-0.39, 0.29) is 6.04 Å². The van der Waals surface area contributed by atoms with Crippen LogP contribution in [-0.2, 0) is 0 Å². The Kier molecular flexibility index (Phi) is 4.86. The maximum atomic E-state index is 4.49. The van der Waals surface area contributed by atoms with Gasteiger partial charge in [0.2, 0.25) is 0 Å². The lowest BCUT2D eigenvalue weighted by Crippen LogP contribution is -2.24. The smallest absolute Gasteiger partial charge is 0.0802 e. The van der Waals surface area contributed by atoms with Crippen molar-refractivity contribution in [3.05, 3.63) is 44.6 Å². The lowest BCUT2D eigenvalue weighted by Gasteiger charge is -2.17. The molecule has 0 aliphatic heterocycles. The fourth-order valence-corrected chi connectivity index (χ4v) is 3.26. The van der Waals surface area contributed by atoms with E-state index < -0.39 is 0 Å². The number of aryl methyl sites for hydroxylation is 1. The summed E-state index contributed by atoms with van der Waals surface area (Å²) in [4.78, 5) is 8.82. The van der Waals surface area contributed by atoms with Crippen LogP contribution >= 0.6 is 27.3 Å². The molecule has 0 aliphatic rings. The second-order valence-corrected chi connectivity index (χ2v) is 5.74. The van der Waals surface area contributed by atoms with Crippen molar-refractivity contribution >= 4 is 27.3 Å². The number of hydrogen-bond donors (Lipinski definition) is 1. The van der Waals surface area contributed by atoms with Gasteiger partial charge in [0.1, 0.15) is 0 Å². The average Bonchev–Trinajstić information content (AvgIpc) is 2.78. The molecule has 1 N–H and O–H groups in total. The summed E-state index contributed by atoms with van der Waals surface area (Å²) in [7, 11) is 0. The number of thiophene rings is 1. The van der Waals surface area contributed by atoms with Gasteiger partial charge in [-0.1, -0.05) is 6.92 Å². The van der Waals surface area contributed by atoms with Crippen molar-refractivity contribution < 1.29 is 0 Å². The molecular weight excluding hydrogens is 310 g/mol. The molecule has 0 aliphatic carbocycles. The van der Waals surface area contributed by atoms with E-state index in [0.29, 0.717) is 0 Å². The van der Waals surface area contributed by atoms with E-state index in [1.54, 1.807) is 11.3 Å². The number of hydrogen-bond acceptors (Lipinski definition) is 4. The van der Waals surface area contributed by atoms with Crippen molar-refractivity contribution in [2.45, 2.75) is 26.3 Å². The van der Waals surface area contributed by atoms with Crippen LogP contribution in [0.2, 0.25) is 0 Å². The van der Waals surface area contributed by atoms with Gasteiger partial charge in [-0.15, -0.1) is 0 Å². The Morgan fingerprint density at radius 1 is 1.33 bits per heavy atom. The van der Waals surface area contributed by atoms with Gasteiger partial charge >= 0.3 is 0 Å². The van der Waals surface area contributed by atoms with Gasteiger partial charge in [0.05, 0.1) is 23.6 Å². The first-order chi connectivity index (χ1) is 8.72. The van der Waals surface area contributed by atoms with Crippen LogP contribution in [0.4, 0.5) is 0 Å². The Hall–Kier alpha value is -0.780. The number of halogens is 1. The highest BCUT2D eigenvalue weighted by atomic mass is 79.9. The minimum absolute atomic E-state index is 0.110. The summed E-state index contributed by atoms with van der Waals surface area (Å²) in [6.45, 7) is 5.07. The van der Waals surface area contributed by atoms with Gasteiger partial charge < -0.3 is 5.32 Å². The quantitative estimate of drug-likeness (QED) is 0.910. The van der Waals surface area contributed by atoms with Crippen molar-refractivity contribution in [1.29, 1.82) is 0 Å². The predicted octanol–water partition coefficient (Wildman–Crippen LogP) is 3.70. The third-order valence-corrected chi connectivity index (χ3v) is 4.40. The van der Waals surface area contributed by atoms with Crippen LogP contribution < -0.4 is 5.32 Å². The van der Waals surface area contributed by atoms with E-state index in [1.807, 2.05) is 19.3 Å². The molecule has 0 fully saturated rings. The first-order valence-electron chi connectivity index (χ1n) is 5.96. The fourth-order valence-electron chi connectivity index (χ4n) is 1.71. The Labute approximate surface area is 120 Å². The molecule has 18 heavy (non-hydrogen) atoms. The molecule has 0 aromatic carbocycles. The zero-order chi connectivity index (χ0) is 13.0. The molecule has 5 heteroatoms. The lowest BCUT2D eigenvalue weighted by molar-refractivity contribution is 0.583. The molecule has 2 heterocycles. The summed E-state index contributed by atoms with van der Waals surface area (Å²) in [6.07, 6.45) is 4.76. The minimum atomic E-state index is 0.110. The predicted molar refractivity (Wildman–Crippen MR) is 78.9 cm³/mol. The first-order valence-corrected chi connectivity index (χ1v) is 7.69. The molecule has 0 radical (unpaired) electrons. The fraction of sp³-hybridized carbons (Fsp3) is 0.385. The van der Waals surface area contributed by atoms with Crippen molar-refractivity contribution in [3.8, 4) is 0 Å². The van der Waals surface area contributed by atoms with Gasteiger partial charge in [-0.05, 0) is 41.2 Å². The number of aromatic nitrogens is 2. The molecular formula is C13H16BrN3S. The van der Waals surface area contributed by atoms with Gasteiger partial charge in [0, 0.05) is 21.6 Å². The minimum Gasteiger partial charge on any atom is -0.305 e. The van der Waals surface area contributed by atoms with E-state index in [4.69, 9.17) is 0 Å². The molecule has 0 bridgehead atoms. The van der Waals surface area contributed by atoms with Crippen LogP contribution in [0.3, 0.4) is 0 Å². The molecule has 2 aromatic rings. The molecule has 1 unspecified atom stereocenters. The Morgan fingerprint density at radius 2 is 2.17 bits per heavy atom. The zero-order valence-corrected chi connectivity index (χ0v) is 12.9. The third kappa shape index (κ3) is 3.16. The van der Waals surface area contributed by atoms with Gasteiger partial charge in [0.25, 0.3) is 0 Å². The number of nitrogens with one attached hydrogen (secondary N) is 1. The summed E-state index contributed by atoms with van der Waals surface area (Å²) < 4.78 is 1.13. The second-order valence-electron chi connectivity index (χ2n) is 4.14. The second kappa shape index (κ2) is 6.41. The molecule has 96 valence electrons. The molecule has 1 atom stereocenters. The van der Waals surface area contributed by atoms with Crippen LogP contribution in [0.1, 0.15) is 36.3 Å². The average molecular weight is 326 g/mol. The normalized spacial score (nSPS) is 12.6. The summed E-state index contributed by atoms with van der Waals surface area (Å²) in [5, 5.41) is 7.77. The summed E-state index contributed by atoms with van der Waals surface area (Å²) in [5.41, 5.74) is 3.14. The van der Waals surface area contributed by atoms with Crippen LogP contribution in [-0.4, -0.2) is 16.5 Å². The van der Waals surface area contributed by atoms with Crippen molar-refractivity contribution in [2.75, 3.05) is 6.54 Å². The highest BCUT2D eigenvalue weighted by molar-refractivity contribution is 9.10. The molecule has 2 aromatic heterocycles. The van der Waals surface area contributed by atoms with Crippen molar-refractivity contribution in [2.24, 2.45) is 0 Å². The maximum Gasteiger partial charge on any atom is 0.0802 e. The first kappa shape index (κ1) is 13.6. The zero-order valence-electron chi connectivity index (χ0n) is 10.5. The lowest BCUT2D eigenvalue weighted by atomic mass is 10.1. The van der Waals surface area contributed by atoms with Crippen LogP contribution in [0.5, 0.6) is 0 Å². The molecule has 0 saturated carbocycles. The van der Waals surface area contributed by atoms with Gasteiger partial charge in [-0.2, -0.15) is 11.3 Å². The molecule has 0 amide bonds.